The molecule has 0 spiro atoms. The van der Waals surface area contributed by atoms with E-state index in [1.807, 2.05) is 19.1 Å². The first kappa shape index (κ1) is 20.8. The number of hydrazone groups is 1. The predicted octanol–water partition coefficient (Wildman–Crippen LogP) is 4.20. The van der Waals surface area contributed by atoms with Gasteiger partial charge < -0.3 is 4.74 Å². The van der Waals surface area contributed by atoms with E-state index >= 15 is 0 Å². The molecule has 0 amide bonds. The predicted molar refractivity (Wildman–Crippen MR) is 114 cm³/mol. The molecule has 8 heteroatoms. The lowest BCUT2D eigenvalue weighted by atomic mass is 10.1. The van der Waals surface area contributed by atoms with Gasteiger partial charge in [0.1, 0.15) is 10.6 Å². The third-order valence-electron chi connectivity index (χ3n) is 4.07. The Kier molecular flexibility index (Phi) is 6.14. The Bertz CT molecular complexity index is 1130. The van der Waals surface area contributed by atoms with E-state index in [1.54, 1.807) is 55.6 Å². The molecule has 6 nitrogen and oxygen atoms in total. The first-order valence-corrected chi connectivity index (χ1v) is 11.1. The van der Waals surface area contributed by atoms with Gasteiger partial charge in [0, 0.05) is 0 Å². The third-order valence-corrected chi connectivity index (χ3v) is 6.45. The van der Waals surface area contributed by atoms with E-state index in [0.29, 0.717) is 27.3 Å². The average molecular weight is 429 g/mol. The molecule has 0 atom stereocenters. The molecule has 0 fully saturated rings. The van der Waals surface area contributed by atoms with Gasteiger partial charge in [0.25, 0.3) is 10.0 Å². The highest BCUT2D eigenvalue weighted by Crippen LogP contribution is 2.21. The van der Waals surface area contributed by atoms with E-state index in [1.165, 1.54) is 17.6 Å². The number of nitrogens with zero attached hydrogens (tertiary/aromatic N) is 1. The number of aryl methyl sites for hydroxylation is 3. The zero-order valence-corrected chi connectivity index (χ0v) is 17.8. The van der Waals surface area contributed by atoms with Crippen molar-refractivity contribution in [2.45, 2.75) is 25.7 Å². The number of hydrogen-bond donors (Lipinski definition) is 1. The number of thiophene rings is 1. The van der Waals surface area contributed by atoms with Gasteiger partial charge in [-0.15, -0.1) is 11.3 Å². The normalized spacial score (nSPS) is 11.6. The van der Waals surface area contributed by atoms with Gasteiger partial charge in [-0.3, -0.25) is 0 Å². The van der Waals surface area contributed by atoms with Crippen LogP contribution in [0.2, 0.25) is 0 Å². The van der Waals surface area contributed by atoms with E-state index in [-0.39, 0.29) is 4.90 Å². The Morgan fingerprint density at radius 2 is 1.72 bits per heavy atom. The molecule has 3 rings (SSSR count). The molecular formula is C21H20N2O4S2. The summed E-state index contributed by atoms with van der Waals surface area (Å²) in [6, 6.07) is 13.7. The summed E-state index contributed by atoms with van der Waals surface area (Å²) in [7, 11) is -3.77. The van der Waals surface area contributed by atoms with Gasteiger partial charge in [0.05, 0.1) is 11.1 Å². The minimum absolute atomic E-state index is 0.232. The van der Waals surface area contributed by atoms with Crippen molar-refractivity contribution in [2.75, 3.05) is 0 Å². The van der Waals surface area contributed by atoms with Crippen molar-refractivity contribution in [3.63, 3.8) is 0 Å². The van der Waals surface area contributed by atoms with Gasteiger partial charge >= 0.3 is 5.97 Å². The van der Waals surface area contributed by atoms with Crippen LogP contribution in [0.5, 0.6) is 5.75 Å². The number of carbonyl (C=O) groups excluding carboxylic acids is 1. The molecule has 3 aromatic rings. The molecule has 0 saturated heterocycles. The molecule has 0 bridgehead atoms. The number of carbonyl (C=O) groups is 1. The molecule has 29 heavy (non-hydrogen) atoms. The van der Waals surface area contributed by atoms with E-state index in [0.717, 1.165) is 5.56 Å². The zero-order chi connectivity index (χ0) is 21.0. The molecular weight excluding hydrogens is 408 g/mol. The first-order chi connectivity index (χ1) is 13.8. The number of sulfonamides is 1. The number of nitrogens with one attached hydrogen (secondary N) is 1. The summed E-state index contributed by atoms with van der Waals surface area (Å²) in [5, 5.41) is 5.66. The Morgan fingerprint density at radius 3 is 2.31 bits per heavy atom. The zero-order valence-electron chi connectivity index (χ0n) is 16.2. The van der Waals surface area contributed by atoms with Crippen LogP contribution in [0.4, 0.5) is 0 Å². The highest BCUT2D eigenvalue weighted by atomic mass is 32.2. The number of hydrogen-bond acceptors (Lipinski definition) is 6. The third kappa shape index (κ3) is 5.10. The van der Waals surface area contributed by atoms with Crippen LogP contribution in [0.3, 0.4) is 0 Å². The summed E-state index contributed by atoms with van der Waals surface area (Å²) in [5.74, 6) is -0.0231. The van der Waals surface area contributed by atoms with Crippen LogP contribution in [-0.2, 0) is 10.0 Å². The van der Waals surface area contributed by atoms with E-state index in [2.05, 4.69) is 9.93 Å². The number of esters is 1. The van der Waals surface area contributed by atoms with Crippen molar-refractivity contribution in [1.29, 1.82) is 0 Å². The SMILES string of the molecule is Cc1cc(C)c(S(=O)(=O)N/N=C/c2ccc(OC(=O)c3cccs3)cc2)c(C)c1. The molecule has 2 aromatic carbocycles. The maximum absolute atomic E-state index is 12.6. The molecule has 150 valence electrons. The maximum atomic E-state index is 12.6. The molecule has 0 aliphatic carbocycles. The Labute approximate surface area is 173 Å². The van der Waals surface area contributed by atoms with E-state index in [9.17, 15) is 13.2 Å². The lowest BCUT2D eigenvalue weighted by Gasteiger charge is -2.11. The first-order valence-electron chi connectivity index (χ1n) is 8.75. The quantitative estimate of drug-likeness (QED) is 0.276. The largest absolute Gasteiger partial charge is 0.422 e. The van der Waals surface area contributed by atoms with Crippen molar-refractivity contribution in [2.24, 2.45) is 5.10 Å². The molecule has 0 aliphatic heterocycles. The summed E-state index contributed by atoms with van der Waals surface area (Å²) < 4.78 is 30.4. The van der Waals surface area contributed by atoms with Crippen molar-refractivity contribution in [3.8, 4) is 5.75 Å². The summed E-state index contributed by atoms with van der Waals surface area (Å²) in [6.45, 7) is 5.44. The lowest BCUT2D eigenvalue weighted by Crippen LogP contribution is -2.20. The smallest absolute Gasteiger partial charge is 0.353 e. The minimum atomic E-state index is -3.77. The average Bonchev–Trinajstić information content (AvgIpc) is 3.16. The number of rotatable bonds is 6. The van der Waals surface area contributed by atoms with E-state index in [4.69, 9.17) is 4.74 Å². The standard InChI is InChI=1S/C21H20N2O4S2/c1-14-11-15(2)20(16(3)12-14)29(25,26)23-22-13-17-6-8-18(9-7-17)27-21(24)19-5-4-10-28-19/h4-13,23H,1-3H3/b22-13+. The summed E-state index contributed by atoms with van der Waals surface area (Å²) in [4.78, 5) is 14.9. The molecule has 0 saturated carbocycles. The van der Waals surface area contributed by atoms with Gasteiger partial charge in [0.15, 0.2) is 0 Å². The van der Waals surface area contributed by atoms with Crippen molar-refractivity contribution < 1.29 is 17.9 Å². The highest BCUT2D eigenvalue weighted by Gasteiger charge is 2.19. The monoisotopic (exact) mass is 428 g/mol. The Hall–Kier alpha value is -2.97. The van der Waals surface area contributed by atoms with Crippen molar-refractivity contribution >= 4 is 33.5 Å². The molecule has 1 heterocycles. The van der Waals surface area contributed by atoms with Crippen molar-refractivity contribution in [3.05, 3.63) is 81.0 Å². The fourth-order valence-electron chi connectivity index (χ4n) is 2.98. The molecule has 1 aromatic heterocycles. The maximum Gasteiger partial charge on any atom is 0.353 e. The molecule has 0 aliphatic rings. The number of ether oxygens (including phenoxy) is 1. The van der Waals surface area contributed by atoms with Crippen LogP contribution in [0.25, 0.3) is 0 Å². The Balaban J connectivity index is 1.67. The summed E-state index contributed by atoms with van der Waals surface area (Å²) >= 11 is 1.31. The van der Waals surface area contributed by atoms with Crippen LogP contribution >= 0.6 is 11.3 Å². The minimum Gasteiger partial charge on any atom is -0.422 e. The lowest BCUT2D eigenvalue weighted by molar-refractivity contribution is 0.0740. The van der Waals surface area contributed by atoms with Crippen LogP contribution in [0.15, 0.2) is 63.9 Å². The molecule has 1 N–H and O–H groups in total. The van der Waals surface area contributed by atoms with Crippen LogP contribution < -0.4 is 9.57 Å². The second-order valence-electron chi connectivity index (χ2n) is 6.52. The van der Waals surface area contributed by atoms with Crippen LogP contribution in [0.1, 0.15) is 31.9 Å². The summed E-state index contributed by atoms with van der Waals surface area (Å²) in [6.07, 6.45) is 1.39. The van der Waals surface area contributed by atoms with Crippen LogP contribution in [0, 0.1) is 20.8 Å². The topological polar surface area (TPSA) is 84.8 Å². The van der Waals surface area contributed by atoms with Crippen molar-refractivity contribution in [1.82, 2.24) is 4.83 Å². The Morgan fingerprint density at radius 1 is 1.07 bits per heavy atom. The second kappa shape index (κ2) is 8.59. The number of benzene rings is 2. The fourth-order valence-corrected chi connectivity index (χ4v) is 4.83. The van der Waals surface area contributed by atoms with Gasteiger partial charge in [-0.05, 0) is 73.2 Å². The van der Waals surface area contributed by atoms with Gasteiger partial charge in [-0.25, -0.2) is 9.63 Å². The van der Waals surface area contributed by atoms with Gasteiger partial charge in [0.2, 0.25) is 0 Å². The second-order valence-corrected chi connectivity index (χ2v) is 9.06. The summed E-state index contributed by atoms with van der Waals surface area (Å²) in [5.41, 5.74) is 2.99. The highest BCUT2D eigenvalue weighted by molar-refractivity contribution is 7.89. The van der Waals surface area contributed by atoms with E-state index < -0.39 is 16.0 Å². The molecule has 0 unspecified atom stereocenters. The fraction of sp³-hybridized carbons (Fsp3) is 0.143. The van der Waals surface area contributed by atoms with Gasteiger partial charge in [-0.1, -0.05) is 23.8 Å². The van der Waals surface area contributed by atoms with Crippen LogP contribution in [-0.4, -0.2) is 20.6 Å². The van der Waals surface area contributed by atoms with Gasteiger partial charge in [-0.2, -0.15) is 13.5 Å². The molecule has 0 radical (unpaired) electrons.